The van der Waals surface area contributed by atoms with Crippen LogP contribution < -0.4 is 5.32 Å². The minimum absolute atomic E-state index is 0.00594. The lowest BCUT2D eigenvalue weighted by Gasteiger charge is -2.33. The van der Waals surface area contributed by atoms with E-state index in [0.29, 0.717) is 24.3 Å². The third-order valence-corrected chi connectivity index (χ3v) is 4.91. The summed E-state index contributed by atoms with van der Waals surface area (Å²) in [6, 6.07) is 8.72. The van der Waals surface area contributed by atoms with E-state index in [-0.39, 0.29) is 18.5 Å². The van der Waals surface area contributed by atoms with Crippen LogP contribution in [0.4, 0.5) is 4.79 Å². The molecule has 1 spiro atoms. The predicted molar refractivity (Wildman–Crippen MR) is 82.0 cm³/mol. The van der Waals surface area contributed by atoms with Gasteiger partial charge in [0.15, 0.2) is 0 Å². The van der Waals surface area contributed by atoms with Crippen molar-refractivity contribution in [2.45, 2.75) is 44.2 Å². The smallest absolute Gasteiger partial charge is 0.325 e. The van der Waals surface area contributed by atoms with Crippen LogP contribution in [0.3, 0.4) is 0 Å². The summed E-state index contributed by atoms with van der Waals surface area (Å²) in [7, 11) is 0. The number of imide groups is 1. The monoisotopic (exact) mass is 302 g/mol. The molecule has 3 amide bonds. The maximum atomic E-state index is 12.7. The van der Waals surface area contributed by atoms with Crippen LogP contribution in [0.5, 0.6) is 0 Å². The molecule has 3 rings (SSSR count). The first kappa shape index (κ1) is 15.0. The van der Waals surface area contributed by atoms with Crippen molar-refractivity contribution in [2.75, 3.05) is 6.54 Å². The van der Waals surface area contributed by atoms with Crippen LogP contribution in [0.25, 0.3) is 0 Å². The molecular weight excluding hydrogens is 280 g/mol. The van der Waals surface area contributed by atoms with Crippen molar-refractivity contribution in [2.24, 2.45) is 5.92 Å². The highest BCUT2D eigenvalue weighted by atomic mass is 16.3. The van der Waals surface area contributed by atoms with Gasteiger partial charge in [-0.3, -0.25) is 9.69 Å². The first-order chi connectivity index (χ1) is 10.5. The normalized spacial score (nSPS) is 29.7. The number of urea groups is 1. The summed E-state index contributed by atoms with van der Waals surface area (Å²) in [6.07, 6.45) is 2.42. The summed E-state index contributed by atoms with van der Waals surface area (Å²) in [4.78, 5) is 26.1. The van der Waals surface area contributed by atoms with E-state index in [1.165, 1.54) is 4.90 Å². The molecule has 0 bridgehead atoms. The molecule has 22 heavy (non-hydrogen) atoms. The van der Waals surface area contributed by atoms with E-state index in [1.54, 1.807) is 12.1 Å². The first-order valence-corrected chi connectivity index (χ1v) is 7.89. The number of carbonyl (C=O) groups excluding carboxylic acids is 2. The molecule has 5 nitrogen and oxygen atoms in total. The molecule has 2 fully saturated rings. The Hall–Kier alpha value is -1.88. The van der Waals surface area contributed by atoms with Crippen molar-refractivity contribution in [3.63, 3.8) is 0 Å². The van der Waals surface area contributed by atoms with Gasteiger partial charge in [-0.2, -0.15) is 0 Å². The van der Waals surface area contributed by atoms with Crippen molar-refractivity contribution in [1.82, 2.24) is 10.2 Å². The molecule has 2 N–H and O–H groups in total. The van der Waals surface area contributed by atoms with Crippen LogP contribution in [0.2, 0.25) is 0 Å². The highest BCUT2D eigenvalue weighted by Crippen LogP contribution is 2.36. The van der Waals surface area contributed by atoms with Gasteiger partial charge in [-0.1, -0.05) is 37.3 Å². The number of hydrogen-bond donors (Lipinski definition) is 2. The maximum Gasteiger partial charge on any atom is 0.325 e. The number of carbonyl (C=O) groups is 2. The number of benzene rings is 1. The average molecular weight is 302 g/mol. The Morgan fingerprint density at radius 3 is 2.55 bits per heavy atom. The van der Waals surface area contributed by atoms with E-state index in [0.717, 1.165) is 12.8 Å². The minimum atomic E-state index is -0.853. The largest absolute Gasteiger partial charge is 0.387 e. The number of aliphatic hydroxyl groups excluding tert-OH is 1. The van der Waals surface area contributed by atoms with E-state index in [1.807, 2.05) is 18.2 Å². The topological polar surface area (TPSA) is 69.6 Å². The van der Waals surface area contributed by atoms with E-state index < -0.39 is 11.6 Å². The SMILES string of the molecule is CC1CCC2(CC1)NC(=O)N(C[C@H](O)c1ccccc1)C2=O. The number of nitrogens with one attached hydrogen (secondary N) is 1. The Balaban J connectivity index is 1.72. The van der Waals surface area contributed by atoms with Gasteiger partial charge in [-0.15, -0.1) is 0 Å². The number of nitrogens with zero attached hydrogens (tertiary/aromatic N) is 1. The van der Waals surface area contributed by atoms with Crippen LogP contribution in [0.1, 0.15) is 44.3 Å². The van der Waals surface area contributed by atoms with Crippen LogP contribution in [-0.4, -0.2) is 34.0 Å². The fourth-order valence-corrected chi connectivity index (χ4v) is 3.39. The molecule has 1 aliphatic heterocycles. The van der Waals surface area contributed by atoms with Crippen LogP contribution in [-0.2, 0) is 4.79 Å². The standard InChI is InChI=1S/C17H22N2O3/c1-12-7-9-17(10-8-12)15(21)19(16(22)18-17)11-14(20)13-5-3-2-4-6-13/h2-6,12,14,20H,7-11H2,1H3,(H,18,22)/t12?,14-,17?/m0/s1. The van der Waals surface area contributed by atoms with Crippen molar-refractivity contribution >= 4 is 11.9 Å². The zero-order chi connectivity index (χ0) is 15.7. The molecule has 0 aromatic heterocycles. The molecule has 1 aromatic rings. The molecule has 5 heteroatoms. The van der Waals surface area contributed by atoms with Crippen molar-refractivity contribution in [3.05, 3.63) is 35.9 Å². The van der Waals surface area contributed by atoms with Gasteiger partial charge in [0, 0.05) is 0 Å². The molecule has 1 aliphatic carbocycles. The fourth-order valence-electron chi connectivity index (χ4n) is 3.39. The van der Waals surface area contributed by atoms with Gasteiger partial charge in [0.2, 0.25) is 0 Å². The molecule has 1 saturated carbocycles. The second-order valence-electron chi connectivity index (χ2n) is 6.54. The van der Waals surface area contributed by atoms with Gasteiger partial charge >= 0.3 is 6.03 Å². The molecule has 1 aromatic carbocycles. The Kier molecular flexibility index (Phi) is 3.91. The van der Waals surface area contributed by atoms with Gasteiger partial charge < -0.3 is 10.4 Å². The number of rotatable bonds is 3. The first-order valence-electron chi connectivity index (χ1n) is 7.89. The fraction of sp³-hybridized carbons (Fsp3) is 0.529. The number of β-amino-alcohol motifs (C(OH)–C–C–N with tert-alkyl or cyclic N) is 1. The van der Waals surface area contributed by atoms with Gasteiger partial charge in [-0.05, 0) is 37.2 Å². The molecule has 2 aliphatic rings. The van der Waals surface area contributed by atoms with Gasteiger partial charge in [0.25, 0.3) is 5.91 Å². The van der Waals surface area contributed by atoms with E-state index in [4.69, 9.17) is 0 Å². The summed E-state index contributed by atoms with van der Waals surface area (Å²) in [5.41, 5.74) is -0.0266. The molecule has 1 saturated heterocycles. The lowest BCUT2D eigenvalue weighted by atomic mass is 9.77. The van der Waals surface area contributed by atoms with Crippen LogP contribution in [0, 0.1) is 5.92 Å². The molecule has 0 unspecified atom stereocenters. The highest BCUT2D eigenvalue weighted by molar-refractivity contribution is 6.07. The molecular formula is C17H22N2O3. The summed E-state index contributed by atoms with van der Waals surface area (Å²) in [5, 5.41) is 13.1. The summed E-state index contributed by atoms with van der Waals surface area (Å²) < 4.78 is 0. The predicted octanol–water partition coefficient (Wildman–Crippen LogP) is 2.22. The maximum absolute atomic E-state index is 12.7. The Morgan fingerprint density at radius 2 is 1.91 bits per heavy atom. The quantitative estimate of drug-likeness (QED) is 0.841. The van der Waals surface area contributed by atoms with Crippen LogP contribution in [0.15, 0.2) is 30.3 Å². The van der Waals surface area contributed by atoms with E-state index >= 15 is 0 Å². The van der Waals surface area contributed by atoms with Crippen molar-refractivity contribution in [3.8, 4) is 0 Å². The number of aliphatic hydroxyl groups is 1. The van der Waals surface area contributed by atoms with Crippen LogP contribution >= 0.6 is 0 Å². The third-order valence-electron chi connectivity index (χ3n) is 4.91. The molecule has 118 valence electrons. The Bertz CT molecular complexity index is 565. The van der Waals surface area contributed by atoms with Gasteiger partial charge in [-0.25, -0.2) is 4.79 Å². The molecule has 1 atom stereocenters. The lowest BCUT2D eigenvalue weighted by Crippen LogP contribution is -2.49. The van der Waals surface area contributed by atoms with Crippen molar-refractivity contribution < 1.29 is 14.7 Å². The van der Waals surface area contributed by atoms with E-state index in [2.05, 4.69) is 12.2 Å². The highest BCUT2D eigenvalue weighted by Gasteiger charge is 2.52. The number of hydrogen-bond acceptors (Lipinski definition) is 3. The Labute approximate surface area is 130 Å². The zero-order valence-electron chi connectivity index (χ0n) is 12.8. The van der Waals surface area contributed by atoms with E-state index in [9.17, 15) is 14.7 Å². The second-order valence-corrected chi connectivity index (χ2v) is 6.54. The van der Waals surface area contributed by atoms with Gasteiger partial charge in [0.05, 0.1) is 12.6 Å². The lowest BCUT2D eigenvalue weighted by molar-refractivity contribution is -0.133. The summed E-state index contributed by atoms with van der Waals surface area (Å²) >= 11 is 0. The second kappa shape index (κ2) is 5.72. The molecule has 0 radical (unpaired) electrons. The third kappa shape index (κ3) is 2.61. The molecule has 1 heterocycles. The number of amides is 3. The summed E-state index contributed by atoms with van der Waals surface area (Å²) in [5.74, 6) is 0.415. The zero-order valence-corrected chi connectivity index (χ0v) is 12.8. The summed E-state index contributed by atoms with van der Waals surface area (Å²) in [6.45, 7) is 2.18. The average Bonchev–Trinajstić information content (AvgIpc) is 2.76. The minimum Gasteiger partial charge on any atom is -0.387 e. The van der Waals surface area contributed by atoms with Crippen molar-refractivity contribution in [1.29, 1.82) is 0 Å². The Morgan fingerprint density at radius 1 is 1.27 bits per heavy atom. The van der Waals surface area contributed by atoms with Gasteiger partial charge in [0.1, 0.15) is 5.54 Å².